The van der Waals surface area contributed by atoms with Gasteiger partial charge < -0.3 is 0 Å². The molecule has 2 heterocycles. The van der Waals surface area contributed by atoms with Gasteiger partial charge in [0.15, 0.2) is 0 Å². The molecule has 0 amide bonds. The van der Waals surface area contributed by atoms with Crippen molar-refractivity contribution in [1.82, 2.24) is 24.7 Å². The summed E-state index contributed by atoms with van der Waals surface area (Å²) >= 11 is 5.23. The van der Waals surface area contributed by atoms with E-state index in [9.17, 15) is 0 Å². The molecule has 1 N–H and O–H groups in total. The molecule has 0 fully saturated rings. The Morgan fingerprint density at radius 1 is 1.24 bits per heavy atom. The number of aryl methyl sites for hydroxylation is 2. The van der Waals surface area contributed by atoms with E-state index in [0.29, 0.717) is 10.7 Å². The van der Waals surface area contributed by atoms with Crippen molar-refractivity contribution in [2.24, 2.45) is 5.10 Å². The zero-order chi connectivity index (χ0) is 14.8. The van der Waals surface area contributed by atoms with Crippen LogP contribution in [0.15, 0.2) is 41.5 Å². The standard InChI is InChI=1S/C14H14N6S/c1-10-8-11(2)19(18-10)13-16-17-14(21)20(13)15-9-12-6-4-3-5-7-12/h3-9H,1-2H3,(H,17,21)/b15-9-. The third kappa shape index (κ3) is 2.68. The van der Waals surface area contributed by atoms with Gasteiger partial charge in [-0.05, 0) is 37.7 Å². The predicted molar refractivity (Wildman–Crippen MR) is 83.4 cm³/mol. The zero-order valence-electron chi connectivity index (χ0n) is 11.7. The van der Waals surface area contributed by atoms with E-state index in [1.165, 1.54) is 0 Å². The Bertz CT molecular complexity index is 840. The van der Waals surface area contributed by atoms with Crippen molar-refractivity contribution in [3.8, 4) is 5.95 Å². The van der Waals surface area contributed by atoms with E-state index in [1.54, 1.807) is 15.6 Å². The highest BCUT2D eigenvalue weighted by Gasteiger charge is 2.11. The fourth-order valence-electron chi connectivity index (χ4n) is 2.02. The number of hydrogen-bond acceptors (Lipinski definition) is 4. The first-order valence-electron chi connectivity index (χ1n) is 6.45. The Balaban J connectivity index is 2.04. The van der Waals surface area contributed by atoms with Crippen molar-refractivity contribution in [2.75, 3.05) is 0 Å². The minimum Gasteiger partial charge on any atom is -0.248 e. The molecule has 106 valence electrons. The van der Waals surface area contributed by atoms with Crippen LogP contribution in [0.3, 0.4) is 0 Å². The molecule has 7 heteroatoms. The zero-order valence-corrected chi connectivity index (χ0v) is 12.5. The second kappa shape index (κ2) is 5.45. The second-order valence-electron chi connectivity index (χ2n) is 4.63. The highest BCUT2D eigenvalue weighted by molar-refractivity contribution is 7.71. The number of H-pyrrole nitrogens is 1. The number of rotatable bonds is 3. The molecule has 3 rings (SSSR count). The molecular weight excluding hydrogens is 284 g/mol. The van der Waals surface area contributed by atoms with Crippen molar-refractivity contribution < 1.29 is 0 Å². The average Bonchev–Trinajstić information content (AvgIpc) is 3.00. The Labute approximate surface area is 126 Å². The Kier molecular flexibility index (Phi) is 3.49. The van der Waals surface area contributed by atoms with Gasteiger partial charge in [-0.1, -0.05) is 30.3 Å². The summed E-state index contributed by atoms with van der Waals surface area (Å²) in [4.78, 5) is 0. The van der Waals surface area contributed by atoms with Crippen LogP contribution in [0.4, 0.5) is 0 Å². The van der Waals surface area contributed by atoms with Crippen LogP contribution >= 0.6 is 12.2 Å². The summed E-state index contributed by atoms with van der Waals surface area (Å²) in [5, 5.41) is 15.8. The van der Waals surface area contributed by atoms with Crippen LogP contribution < -0.4 is 0 Å². The van der Waals surface area contributed by atoms with Gasteiger partial charge in [0.25, 0.3) is 5.95 Å². The van der Waals surface area contributed by atoms with E-state index in [0.717, 1.165) is 17.0 Å². The molecule has 3 aromatic rings. The molecular formula is C14H14N6S. The molecule has 0 unspecified atom stereocenters. The summed E-state index contributed by atoms with van der Waals surface area (Å²) in [6, 6.07) is 11.8. The molecule has 0 saturated carbocycles. The minimum absolute atomic E-state index is 0.421. The number of aromatic nitrogens is 5. The van der Waals surface area contributed by atoms with Gasteiger partial charge in [-0.25, -0.2) is 9.78 Å². The number of hydrogen-bond donors (Lipinski definition) is 1. The first-order valence-corrected chi connectivity index (χ1v) is 6.86. The number of nitrogens with zero attached hydrogens (tertiary/aromatic N) is 5. The van der Waals surface area contributed by atoms with Crippen molar-refractivity contribution in [2.45, 2.75) is 13.8 Å². The molecule has 0 spiro atoms. The number of aromatic amines is 1. The fraction of sp³-hybridized carbons (Fsp3) is 0.143. The topological polar surface area (TPSA) is 63.8 Å². The van der Waals surface area contributed by atoms with E-state index in [4.69, 9.17) is 12.2 Å². The van der Waals surface area contributed by atoms with Crippen LogP contribution in [-0.2, 0) is 0 Å². The molecule has 2 aromatic heterocycles. The first-order chi connectivity index (χ1) is 10.1. The molecule has 0 atom stereocenters. The molecule has 0 radical (unpaired) electrons. The summed E-state index contributed by atoms with van der Waals surface area (Å²) < 4.78 is 3.69. The summed E-state index contributed by atoms with van der Waals surface area (Å²) in [5.41, 5.74) is 2.87. The van der Waals surface area contributed by atoms with Gasteiger partial charge in [-0.3, -0.25) is 0 Å². The van der Waals surface area contributed by atoms with Gasteiger partial charge in [0.2, 0.25) is 4.77 Å². The molecule has 0 bridgehead atoms. The number of benzene rings is 1. The molecule has 6 nitrogen and oxygen atoms in total. The van der Waals surface area contributed by atoms with Crippen molar-refractivity contribution in [1.29, 1.82) is 0 Å². The van der Waals surface area contributed by atoms with E-state index >= 15 is 0 Å². The van der Waals surface area contributed by atoms with Gasteiger partial charge in [-0.15, -0.1) is 5.10 Å². The molecule has 0 saturated heterocycles. The lowest BCUT2D eigenvalue weighted by Crippen LogP contribution is -2.07. The monoisotopic (exact) mass is 298 g/mol. The lowest BCUT2D eigenvalue weighted by Gasteiger charge is -2.02. The third-order valence-electron chi connectivity index (χ3n) is 2.95. The van der Waals surface area contributed by atoms with Gasteiger partial charge in [0.1, 0.15) is 0 Å². The van der Waals surface area contributed by atoms with Gasteiger partial charge in [0, 0.05) is 5.69 Å². The van der Waals surface area contributed by atoms with Crippen LogP contribution in [0.25, 0.3) is 5.95 Å². The minimum atomic E-state index is 0.421. The third-order valence-corrected chi connectivity index (χ3v) is 3.22. The maximum Gasteiger partial charge on any atom is 0.271 e. The van der Waals surface area contributed by atoms with Crippen LogP contribution in [0, 0.1) is 18.6 Å². The van der Waals surface area contributed by atoms with E-state index in [2.05, 4.69) is 20.4 Å². The highest BCUT2D eigenvalue weighted by atomic mass is 32.1. The molecule has 0 aliphatic carbocycles. The van der Waals surface area contributed by atoms with Crippen molar-refractivity contribution in [3.63, 3.8) is 0 Å². The number of nitrogens with one attached hydrogen (secondary N) is 1. The van der Waals surface area contributed by atoms with Crippen LogP contribution in [0.2, 0.25) is 0 Å². The van der Waals surface area contributed by atoms with Gasteiger partial charge >= 0.3 is 0 Å². The van der Waals surface area contributed by atoms with Crippen LogP contribution in [0.5, 0.6) is 0 Å². The highest BCUT2D eigenvalue weighted by Crippen LogP contribution is 2.10. The maximum absolute atomic E-state index is 5.23. The summed E-state index contributed by atoms with van der Waals surface area (Å²) in [6.45, 7) is 3.89. The molecule has 21 heavy (non-hydrogen) atoms. The van der Waals surface area contributed by atoms with Crippen molar-refractivity contribution >= 4 is 18.4 Å². The largest absolute Gasteiger partial charge is 0.271 e. The first kappa shape index (κ1) is 13.4. The van der Waals surface area contributed by atoms with E-state index in [1.807, 2.05) is 50.2 Å². The van der Waals surface area contributed by atoms with E-state index in [-0.39, 0.29) is 0 Å². The quantitative estimate of drug-likeness (QED) is 0.597. The average molecular weight is 298 g/mol. The van der Waals surface area contributed by atoms with Crippen LogP contribution in [0.1, 0.15) is 17.0 Å². The summed E-state index contributed by atoms with van der Waals surface area (Å²) in [5.74, 6) is 0.540. The molecule has 1 aromatic carbocycles. The smallest absolute Gasteiger partial charge is 0.248 e. The predicted octanol–water partition coefficient (Wildman–Crippen LogP) is 2.63. The lowest BCUT2D eigenvalue weighted by atomic mass is 10.2. The Hall–Kier alpha value is -2.54. The Morgan fingerprint density at radius 3 is 2.67 bits per heavy atom. The van der Waals surface area contributed by atoms with Gasteiger partial charge in [-0.2, -0.15) is 14.9 Å². The van der Waals surface area contributed by atoms with Gasteiger partial charge in [0.05, 0.1) is 11.9 Å². The van der Waals surface area contributed by atoms with Crippen LogP contribution in [-0.4, -0.2) is 30.9 Å². The molecule has 0 aliphatic rings. The fourth-order valence-corrected chi connectivity index (χ4v) is 2.19. The van der Waals surface area contributed by atoms with Crippen molar-refractivity contribution in [3.05, 3.63) is 58.1 Å². The second-order valence-corrected chi connectivity index (χ2v) is 5.02. The summed E-state index contributed by atoms with van der Waals surface area (Å²) in [7, 11) is 0. The Morgan fingerprint density at radius 2 is 2.00 bits per heavy atom. The summed E-state index contributed by atoms with van der Waals surface area (Å²) in [6.07, 6.45) is 1.74. The SMILES string of the molecule is Cc1cc(C)n(-c2n[nH]c(=S)n2/N=C\c2ccccc2)n1. The lowest BCUT2D eigenvalue weighted by molar-refractivity contribution is 0.714. The van der Waals surface area contributed by atoms with E-state index < -0.39 is 0 Å². The maximum atomic E-state index is 5.23. The molecule has 0 aliphatic heterocycles. The normalized spacial score (nSPS) is 11.3.